The van der Waals surface area contributed by atoms with Crippen LogP contribution in [0.5, 0.6) is 0 Å². The van der Waals surface area contributed by atoms with E-state index in [-0.39, 0.29) is 49.5 Å². The Bertz CT molecular complexity index is 842. The number of halogens is 3. The van der Waals surface area contributed by atoms with Gasteiger partial charge in [-0.05, 0) is 38.1 Å². The number of carbonyl (C=O) groups excluding carboxylic acids is 1. The van der Waals surface area contributed by atoms with Gasteiger partial charge in [-0.15, -0.1) is 0 Å². The largest absolute Gasteiger partial charge is 0.391 e. The number of nitriles is 1. The van der Waals surface area contributed by atoms with Crippen molar-refractivity contribution in [3.8, 4) is 6.07 Å². The highest BCUT2D eigenvalue weighted by atomic mass is 32.2. The molecular formula is C16H18F3N3O3S. The van der Waals surface area contributed by atoms with Gasteiger partial charge in [0.2, 0.25) is 0 Å². The maximum absolute atomic E-state index is 12.7. The number of carbonyl (C=O) groups is 1. The lowest BCUT2D eigenvalue weighted by Crippen LogP contribution is -2.41. The number of hydrogen-bond acceptors (Lipinski definition) is 5. The average Bonchev–Trinajstić information content (AvgIpc) is 3.00. The van der Waals surface area contributed by atoms with Crippen LogP contribution in [-0.2, 0) is 9.84 Å². The fourth-order valence-electron chi connectivity index (χ4n) is 2.73. The second-order valence-electron chi connectivity index (χ2n) is 6.25. The number of ketones is 1. The van der Waals surface area contributed by atoms with Crippen LogP contribution in [0.2, 0.25) is 0 Å². The van der Waals surface area contributed by atoms with Gasteiger partial charge < -0.3 is 4.98 Å². The van der Waals surface area contributed by atoms with Crippen molar-refractivity contribution in [1.29, 1.82) is 5.26 Å². The number of sulfone groups is 1. The molecule has 1 N–H and O–H groups in total. The molecule has 1 aliphatic heterocycles. The molecule has 10 heteroatoms. The summed E-state index contributed by atoms with van der Waals surface area (Å²) in [6.07, 6.45) is -0.845. The third-order valence-electron chi connectivity index (χ3n) is 4.24. The van der Waals surface area contributed by atoms with Crippen molar-refractivity contribution in [2.45, 2.75) is 19.0 Å². The van der Waals surface area contributed by atoms with E-state index in [1.165, 1.54) is 12.3 Å². The van der Waals surface area contributed by atoms with E-state index in [2.05, 4.69) is 4.98 Å². The summed E-state index contributed by atoms with van der Waals surface area (Å²) in [7, 11) is -3.67. The van der Waals surface area contributed by atoms with Crippen molar-refractivity contribution in [3.05, 3.63) is 28.4 Å². The molecule has 0 spiro atoms. The van der Waals surface area contributed by atoms with Gasteiger partial charge in [0, 0.05) is 23.7 Å². The van der Waals surface area contributed by atoms with Crippen LogP contribution in [-0.4, -0.2) is 56.2 Å². The van der Waals surface area contributed by atoms with E-state index in [9.17, 15) is 26.4 Å². The summed E-state index contributed by atoms with van der Waals surface area (Å²) >= 11 is 0. The number of allylic oxidation sites excluding steroid dienone is 1. The minimum Gasteiger partial charge on any atom is -0.361 e. The quantitative estimate of drug-likeness (QED) is 0.616. The van der Waals surface area contributed by atoms with E-state index < -0.39 is 26.8 Å². The van der Waals surface area contributed by atoms with Gasteiger partial charge >= 0.3 is 6.18 Å². The topological polar surface area (TPSA) is 94.0 Å². The molecule has 0 unspecified atom stereocenters. The van der Waals surface area contributed by atoms with E-state index in [0.717, 1.165) is 12.3 Å². The van der Waals surface area contributed by atoms with Crippen LogP contribution in [0.4, 0.5) is 13.2 Å². The van der Waals surface area contributed by atoms with E-state index in [4.69, 9.17) is 5.26 Å². The number of Topliss-reactive ketones (excluding diaryl/α,β-unsaturated/α-hetero) is 1. The summed E-state index contributed by atoms with van der Waals surface area (Å²) in [4.78, 5) is 16.2. The summed E-state index contributed by atoms with van der Waals surface area (Å²) in [5, 5.41) is 8.87. The molecule has 1 saturated heterocycles. The third kappa shape index (κ3) is 5.19. The Morgan fingerprint density at radius 1 is 1.42 bits per heavy atom. The van der Waals surface area contributed by atoms with Crippen molar-refractivity contribution in [2.24, 2.45) is 5.92 Å². The van der Waals surface area contributed by atoms with Gasteiger partial charge in [0.15, 0.2) is 15.6 Å². The highest BCUT2D eigenvalue weighted by Gasteiger charge is 2.41. The Morgan fingerprint density at radius 3 is 2.54 bits per heavy atom. The highest BCUT2D eigenvalue weighted by molar-refractivity contribution is 7.95. The molecule has 6 nitrogen and oxygen atoms in total. The lowest BCUT2D eigenvalue weighted by atomic mass is 9.96. The Morgan fingerprint density at radius 2 is 2.04 bits per heavy atom. The number of nitrogens with zero attached hydrogens (tertiary/aromatic N) is 2. The summed E-state index contributed by atoms with van der Waals surface area (Å²) in [5.74, 6) is -1.61. The van der Waals surface area contributed by atoms with E-state index >= 15 is 0 Å². The Labute approximate surface area is 149 Å². The van der Waals surface area contributed by atoms with Crippen molar-refractivity contribution >= 4 is 21.7 Å². The summed E-state index contributed by atoms with van der Waals surface area (Å²) in [6, 6.07) is 2.99. The minimum atomic E-state index is -4.20. The number of likely N-dealkylation sites (tertiary alicyclic amines) is 1. The van der Waals surface area contributed by atoms with Crippen LogP contribution in [0.3, 0.4) is 0 Å². The van der Waals surface area contributed by atoms with Crippen LogP contribution < -0.4 is 0 Å². The lowest BCUT2D eigenvalue weighted by Gasteiger charge is -2.32. The number of aromatic nitrogens is 1. The second-order valence-corrected chi connectivity index (χ2v) is 8.24. The number of piperidine rings is 1. The zero-order valence-electron chi connectivity index (χ0n) is 14.0. The van der Waals surface area contributed by atoms with Crippen molar-refractivity contribution in [2.75, 3.05) is 25.9 Å². The van der Waals surface area contributed by atoms with Gasteiger partial charge in [-0.2, -0.15) is 18.4 Å². The van der Waals surface area contributed by atoms with Crippen molar-refractivity contribution in [1.82, 2.24) is 9.88 Å². The van der Waals surface area contributed by atoms with Gasteiger partial charge in [-0.25, -0.2) is 8.42 Å². The molecule has 1 aliphatic rings. The van der Waals surface area contributed by atoms with Gasteiger partial charge in [-0.1, -0.05) is 0 Å². The molecule has 1 aromatic rings. The van der Waals surface area contributed by atoms with Gasteiger partial charge in [0.25, 0.3) is 0 Å². The first-order valence-corrected chi connectivity index (χ1v) is 9.72. The summed E-state index contributed by atoms with van der Waals surface area (Å²) in [5.41, 5.74) is 0.561. The zero-order chi connectivity index (χ0) is 19.5. The van der Waals surface area contributed by atoms with Crippen LogP contribution in [0, 0.1) is 17.2 Å². The normalized spacial score (nSPS) is 17.9. The molecule has 0 amide bonds. The molecule has 0 aromatic carbocycles. The first-order chi connectivity index (χ1) is 12.0. The standard InChI is InChI=1S/C16H18F3N3O3S/c1-26(24,25)14(8-20)7-13-6-11(9-21-13)15(23)10-22-4-2-12(3-5-22)16(17,18)19/h6-7,9,12,21H,2-5,10H2,1H3/b14-7+. The Kier molecular flexibility index (Phi) is 5.93. The maximum Gasteiger partial charge on any atom is 0.391 e. The SMILES string of the molecule is CS(=O)(=O)/C(C#N)=C/c1cc(C(=O)CN2CCC(C(F)(F)F)CC2)c[nH]1. The van der Waals surface area contributed by atoms with Crippen molar-refractivity contribution < 1.29 is 26.4 Å². The molecule has 2 heterocycles. The van der Waals surface area contributed by atoms with E-state index in [0.29, 0.717) is 0 Å². The lowest BCUT2D eigenvalue weighted by molar-refractivity contribution is -0.184. The predicted octanol–water partition coefficient (Wildman–Crippen LogP) is 2.38. The van der Waals surface area contributed by atoms with Crippen LogP contribution in [0.1, 0.15) is 28.9 Å². The predicted molar refractivity (Wildman–Crippen MR) is 88.8 cm³/mol. The summed E-state index contributed by atoms with van der Waals surface area (Å²) in [6.45, 7) is 0.377. The van der Waals surface area contributed by atoms with Gasteiger partial charge in [0.1, 0.15) is 11.0 Å². The van der Waals surface area contributed by atoms with Gasteiger partial charge in [-0.3, -0.25) is 9.69 Å². The smallest absolute Gasteiger partial charge is 0.361 e. The Hall–Kier alpha value is -2.12. The van der Waals surface area contributed by atoms with E-state index in [1.54, 1.807) is 11.0 Å². The maximum atomic E-state index is 12.7. The molecule has 0 aliphatic carbocycles. The highest BCUT2D eigenvalue weighted by Crippen LogP contribution is 2.34. The number of hydrogen-bond donors (Lipinski definition) is 1. The van der Waals surface area contributed by atoms with Crippen LogP contribution >= 0.6 is 0 Å². The Balaban J connectivity index is 1.99. The summed E-state index contributed by atoms with van der Waals surface area (Å²) < 4.78 is 60.8. The first-order valence-electron chi connectivity index (χ1n) is 7.83. The first kappa shape index (κ1) is 20.2. The van der Waals surface area contributed by atoms with Crippen LogP contribution in [0.15, 0.2) is 17.2 Å². The third-order valence-corrected chi connectivity index (χ3v) is 5.25. The minimum absolute atomic E-state index is 0.0111. The van der Waals surface area contributed by atoms with Gasteiger partial charge in [0.05, 0.1) is 12.5 Å². The number of alkyl halides is 3. The molecule has 26 heavy (non-hydrogen) atoms. The number of nitrogens with one attached hydrogen (secondary N) is 1. The second kappa shape index (κ2) is 7.63. The molecule has 0 radical (unpaired) electrons. The number of aromatic amines is 1. The van der Waals surface area contributed by atoms with E-state index in [1.807, 2.05) is 0 Å². The average molecular weight is 389 g/mol. The number of rotatable bonds is 5. The molecule has 142 valence electrons. The zero-order valence-corrected chi connectivity index (χ0v) is 14.8. The molecule has 2 rings (SSSR count). The fourth-order valence-corrected chi connectivity index (χ4v) is 3.24. The van der Waals surface area contributed by atoms with Crippen LogP contribution in [0.25, 0.3) is 6.08 Å². The van der Waals surface area contributed by atoms with Crippen molar-refractivity contribution in [3.63, 3.8) is 0 Å². The molecule has 1 aromatic heterocycles. The molecule has 0 bridgehead atoms. The monoisotopic (exact) mass is 389 g/mol. The molecule has 0 saturated carbocycles. The molecular weight excluding hydrogens is 371 g/mol. The fraction of sp³-hybridized carbons (Fsp3) is 0.500. The number of H-pyrrole nitrogens is 1. The molecule has 1 fully saturated rings. The molecule has 0 atom stereocenters.